The van der Waals surface area contributed by atoms with Gasteiger partial charge in [-0.2, -0.15) is 0 Å². The van der Waals surface area contributed by atoms with Gasteiger partial charge in [-0.05, 0) is 92.3 Å². The summed E-state index contributed by atoms with van der Waals surface area (Å²) in [7, 11) is 0. The van der Waals surface area contributed by atoms with Crippen molar-refractivity contribution in [3.05, 3.63) is 106 Å². The zero-order chi connectivity index (χ0) is 24.0. The molecule has 0 saturated carbocycles. The maximum absolute atomic E-state index is 10.7. The number of rotatable bonds is 4. The molecule has 2 aromatic heterocycles. The normalized spacial score (nSPS) is 17.8. The molecule has 8 heteroatoms. The first kappa shape index (κ1) is 22.7. The Labute approximate surface area is 213 Å². The van der Waals surface area contributed by atoms with Crippen molar-refractivity contribution in [1.29, 1.82) is 0 Å². The van der Waals surface area contributed by atoms with Crippen molar-refractivity contribution in [2.45, 2.75) is 25.9 Å². The number of halogens is 2. The lowest BCUT2D eigenvalue weighted by Gasteiger charge is -2.28. The maximum Gasteiger partial charge on any atom is 0.174 e. The number of phenolic OH excluding ortho intramolecular Hbond substituents is 1. The van der Waals surface area contributed by atoms with Crippen molar-refractivity contribution in [1.82, 2.24) is 14.9 Å². The number of hydrogen-bond acceptors (Lipinski definition) is 3. The summed E-state index contributed by atoms with van der Waals surface area (Å²) in [5.41, 5.74) is 5.62. The molecule has 0 radical (unpaired) electrons. The van der Waals surface area contributed by atoms with E-state index in [1.54, 1.807) is 24.4 Å². The van der Waals surface area contributed by atoms with E-state index in [9.17, 15) is 5.11 Å². The Bertz CT molecular complexity index is 1370. The van der Waals surface area contributed by atoms with Crippen LogP contribution >= 0.6 is 35.4 Å². The number of aromatic hydroxyl groups is 1. The van der Waals surface area contributed by atoms with Crippen LogP contribution in [0.25, 0.3) is 5.69 Å². The second-order valence-corrected chi connectivity index (χ2v) is 9.53. The van der Waals surface area contributed by atoms with Crippen molar-refractivity contribution in [2.75, 3.05) is 4.90 Å². The van der Waals surface area contributed by atoms with E-state index in [0.29, 0.717) is 20.8 Å². The number of nitrogens with zero attached hydrogens (tertiary/aromatic N) is 3. The Hall–Kier alpha value is -3.06. The molecule has 3 heterocycles. The molecular weight excluding hydrogens is 487 g/mol. The van der Waals surface area contributed by atoms with Gasteiger partial charge in [-0.3, -0.25) is 4.98 Å². The van der Waals surface area contributed by atoms with Crippen molar-refractivity contribution in [3.8, 4) is 11.4 Å². The van der Waals surface area contributed by atoms with E-state index in [0.717, 1.165) is 28.3 Å². The molecule has 0 amide bonds. The molecule has 1 aliphatic rings. The van der Waals surface area contributed by atoms with Gasteiger partial charge in [0.05, 0.1) is 23.5 Å². The largest absolute Gasteiger partial charge is 0.506 e. The van der Waals surface area contributed by atoms with Crippen LogP contribution in [0.15, 0.2) is 72.9 Å². The molecule has 1 aliphatic heterocycles. The third-order valence-electron chi connectivity index (χ3n) is 6.17. The first-order valence-electron chi connectivity index (χ1n) is 10.8. The minimum atomic E-state index is -0.265. The predicted molar refractivity (Wildman–Crippen MR) is 141 cm³/mol. The van der Waals surface area contributed by atoms with Gasteiger partial charge >= 0.3 is 0 Å². The maximum atomic E-state index is 10.7. The van der Waals surface area contributed by atoms with Crippen LogP contribution in [0.2, 0.25) is 10.0 Å². The van der Waals surface area contributed by atoms with Crippen LogP contribution in [0.5, 0.6) is 5.75 Å². The van der Waals surface area contributed by atoms with Crippen LogP contribution in [0.3, 0.4) is 0 Å². The Morgan fingerprint density at radius 3 is 2.41 bits per heavy atom. The Morgan fingerprint density at radius 2 is 1.71 bits per heavy atom. The van der Waals surface area contributed by atoms with Crippen molar-refractivity contribution < 1.29 is 5.11 Å². The summed E-state index contributed by atoms with van der Waals surface area (Å²) in [6.45, 7) is 4.16. The Balaban J connectivity index is 1.70. The third-order valence-corrected chi connectivity index (χ3v) is 6.97. The summed E-state index contributed by atoms with van der Waals surface area (Å²) in [6.07, 6.45) is 1.77. The Kier molecular flexibility index (Phi) is 5.98. The number of anilines is 1. The number of aryl methyl sites for hydroxylation is 1. The Morgan fingerprint density at radius 1 is 0.971 bits per heavy atom. The second-order valence-electron chi connectivity index (χ2n) is 8.27. The van der Waals surface area contributed by atoms with Crippen LogP contribution in [0.1, 0.15) is 34.7 Å². The summed E-state index contributed by atoms with van der Waals surface area (Å²) >= 11 is 18.2. The monoisotopic (exact) mass is 508 g/mol. The van der Waals surface area contributed by atoms with Gasteiger partial charge in [-0.15, -0.1) is 0 Å². The van der Waals surface area contributed by atoms with E-state index in [-0.39, 0.29) is 17.8 Å². The zero-order valence-electron chi connectivity index (χ0n) is 18.5. The van der Waals surface area contributed by atoms with Gasteiger partial charge in [0.2, 0.25) is 0 Å². The number of phenols is 1. The molecule has 172 valence electrons. The molecule has 5 nitrogen and oxygen atoms in total. The van der Waals surface area contributed by atoms with E-state index in [1.807, 2.05) is 47.4 Å². The van der Waals surface area contributed by atoms with Crippen LogP contribution in [-0.2, 0) is 0 Å². The summed E-state index contributed by atoms with van der Waals surface area (Å²) in [6, 6.07) is 20.2. The lowest BCUT2D eigenvalue weighted by atomic mass is 9.96. The first-order chi connectivity index (χ1) is 16.3. The summed E-state index contributed by atoms with van der Waals surface area (Å²) in [4.78, 5) is 6.54. The van der Waals surface area contributed by atoms with Crippen LogP contribution in [-0.4, -0.2) is 19.8 Å². The molecule has 1 saturated heterocycles. The number of hydrogen-bond donors (Lipinski definition) is 2. The van der Waals surface area contributed by atoms with Gasteiger partial charge in [0.1, 0.15) is 5.75 Å². The van der Waals surface area contributed by atoms with E-state index in [4.69, 9.17) is 35.4 Å². The van der Waals surface area contributed by atoms with Gasteiger partial charge < -0.3 is 19.9 Å². The highest BCUT2D eigenvalue weighted by Crippen LogP contribution is 2.46. The van der Waals surface area contributed by atoms with Crippen LogP contribution in [0, 0.1) is 13.8 Å². The van der Waals surface area contributed by atoms with Gasteiger partial charge in [0.25, 0.3) is 0 Å². The number of pyridine rings is 1. The average Bonchev–Trinajstić information content (AvgIpc) is 3.32. The minimum absolute atomic E-state index is 0.103. The highest BCUT2D eigenvalue weighted by Gasteiger charge is 2.43. The highest BCUT2D eigenvalue weighted by molar-refractivity contribution is 7.80. The van der Waals surface area contributed by atoms with Crippen molar-refractivity contribution in [3.63, 3.8) is 0 Å². The van der Waals surface area contributed by atoms with Crippen molar-refractivity contribution in [2.24, 2.45) is 0 Å². The quantitative estimate of drug-likeness (QED) is 0.301. The molecule has 0 bridgehead atoms. The summed E-state index contributed by atoms with van der Waals surface area (Å²) < 4.78 is 2.19. The van der Waals surface area contributed by atoms with Crippen molar-refractivity contribution >= 4 is 46.2 Å². The van der Waals surface area contributed by atoms with Gasteiger partial charge in [-0.25, -0.2) is 0 Å². The number of aromatic nitrogens is 2. The molecule has 0 spiro atoms. The average molecular weight is 509 g/mol. The lowest BCUT2D eigenvalue weighted by Crippen LogP contribution is -2.29. The molecule has 2 aromatic carbocycles. The molecular formula is C26H22Cl2N4OS. The minimum Gasteiger partial charge on any atom is -0.506 e. The number of nitrogens with one attached hydrogen (secondary N) is 1. The van der Waals surface area contributed by atoms with E-state index in [1.165, 1.54) is 0 Å². The molecule has 5 rings (SSSR count). The molecule has 4 aromatic rings. The van der Waals surface area contributed by atoms with E-state index in [2.05, 4.69) is 34.8 Å². The molecule has 2 atom stereocenters. The fraction of sp³-hybridized carbons (Fsp3) is 0.154. The topological polar surface area (TPSA) is 53.3 Å². The van der Waals surface area contributed by atoms with E-state index < -0.39 is 0 Å². The van der Waals surface area contributed by atoms with Gasteiger partial charge in [0.15, 0.2) is 5.11 Å². The smallest absolute Gasteiger partial charge is 0.174 e. The third kappa shape index (κ3) is 3.92. The first-order valence-corrected chi connectivity index (χ1v) is 12.0. The SMILES string of the molecule is Cc1cc(C2C(c3ccccn3)NC(=S)N2c2cc(Cl)ccc2O)c(C)n1-c1ccc(Cl)cc1. The highest BCUT2D eigenvalue weighted by atomic mass is 35.5. The number of thiocarbonyl (C=S) groups is 1. The fourth-order valence-electron chi connectivity index (χ4n) is 4.69. The molecule has 2 N–H and O–H groups in total. The van der Waals surface area contributed by atoms with Crippen LogP contribution in [0.4, 0.5) is 5.69 Å². The standard InChI is InChI=1S/C26H22Cl2N4OS/c1-15-13-20(16(2)31(15)19-9-6-17(27)7-10-19)25-24(21-5-3-4-12-29-21)30-26(34)32(25)22-14-18(28)8-11-23(22)33/h3-14,24-25,33H,1-2H3,(H,30,34). The lowest BCUT2D eigenvalue weighted by molar-refractivity contribution is 0.472. The molecule has 2 unspecified atom stereocenters. The van der Waals surface area contributed by atoms with Gasteiger partial charge in [0, 0.05) is 33.3 Å². The van der Waals surface area contributed by atoms with Crippen LogP contribution < -0.4 is 10.2 Å². The van der Waals surface area contributed by atoms with Gasteiger partial charge in [-0.1, -0.05) is 29.3 Å². The predicted octanol–water partition coefficient (Wildman–Crippen LogP) is 6.68. The molecule has 1 fully saturated rings. The zero-order valence-corrected chi connectivity index (χ0v) is 20.9. The summed E-state index contributed by atoms with van der Waals surface area (Å²) in [5.74, 6) is 0.103. The summed E-state index contributed by atoms with van der Waals surface area (Å²) in [5, 5.41) is 15.9. The number of benzene rings is 2. The molecule has 34 heavy (non-hydrogen) atoms. The second kappa shape index (κ2) is 8.95. The van der Waals surface area contributed by atoms with E-state index >= 15 is 0 Å². The molecule has 0 aliphatic carbocycles. The fourth-order valence-corrected chi connectivity index (χ4v) is 5.33.